The molecule has 0 radical (unpaired) electrons. The van der Waals surface area contributed by atoms with Gasteiger partial charge in [0.15, 0.2) is 0 Å². The van der Waals surface area contributed by atoms with E-state index in [4.69, 9.17) is 10.5 Å². The summed E-state index contributed by atoms with van der Waals surface area (Å²) >= 11 is 0. The van der Waals surface area contributed by atoms with Crippen LogP contribution >= 0.6 is 0 Å². The summed E-state index contributed by atoms with van der Waals surface area (Å²) in [6.45, 7) is 14.0. The summed E-state index contributed by atoms with van der Waals surface area (Å²) in [6.07, 6.45) is 2.40. The highest BCUT2D eigenvalue weighted by molar-refractivity contribution is 4.94. The predicted octanol–water partition coefficient (Wildman–Crippen LogP) is 2.40. The van der Waals surface area contributed by atoms with Gasteiger partial charge in [-0.2, -0.15) is 0 Å². The molecule has 0 bridgehead atoms. The van der Waals surface area contributed by atoms with Gasteiger partial charge >= 0.3 is 0 Å². The van der Waals surface area contributed by atoms with Gasteiger partial charge < -0.3 is 15.8 Å². The highest BCUT2D eigenvalue weighted by Gasteiger charge is 2.34. The SMILES string of the molecule is CC1CC(CN)(NCC(C(C)C)C(C)C)CCO1. The second-order valence-corrected chi connectivity index (χ2v) is 6.65. The van der Waals surface area contributed by atoms with E-state index in [1.54, 1.807) is 0 Å². The summed E-state index contributed by atoms with van der Waals surface area (Å²) in [5, 5.41) is 3.77. The van der Waals surface area contributed by atoms with Crippen LogP contribution < -0.4 is 11.1 Å². The van der Waals surface area contributed by atoms with Crippen molar-refractivity contribution in [1.82, 2.24) is 5.32 Å². The van der Waals surface area contributed by atoms with E-state index in [9.17, 15) is 0 Å². The smallest absolute Gasteiger partial charge is 0.0565 e. The molecular formula is C15H32N2O. The Morgan fingerprint density at radius 1 is 1.28 bits per heavy atom. The van der Waals surface area contributed by atoms with Gasteiger partial charge in [0.25, 0.3) is 0 Å². The minimum atomic E-state index is 0.0969. The Bertz CT molecular complexity index is 235. The van der Waals surface area contributed by atoms with Gasteiger partial charge in [-0.15, -0.1) is 0 Å². The Kier molecular flexibility index (Phi) is 6.09. The standard InChI is InChI=1S/C15H32N2O/c1-11(2)14(12(3)4)9-17-15(10-16)6-7-18-13(5)8-15/h11-14,17H,6-10,16H2,1-5H3. The molecule has 18 heavy (non-hydrogen) atoms. The molecule has 0 aromatic carbocycles. The molecule has 3 nitrogen and oxygen atoms in total. The van der Waals surface area contributed by atoms with E-state index >= 15 is 0 Å². The average molecular weight is 256 g/mol. The van der Waals surface area contributed by atoms with Gasteiger partial charge in [0.05, 0.1) is 6.10 Å². The molecule has 1 aliphatic rings. The fourth-order valence-corrected chi connectivity index (χ4v) is 3.16. The molecule has 1 rings (SSSR count). The monoisotopic (exact) mass is 256 g/mol. The zero-order chi connectivity index (χ0) is 13.8. The normalized spacial score (nSPS) is 29.5. The van der Waals surface area contributed by atoms with E-state index in [0.717, 1.165) is 26.0 Å². The minimum absolute atomic E-state index is 0.0969. The third kappa shape index (κ3) is 4.22. The van der Waals surface area contributed by atoms with Crippen molar-refractivity contribution >= 4 is 0 Å². The van der Waals surface area contributed by atoms with Crippen LogP contribution in [0.1, 0.15) is 47.5 Å². The maximum atomic E-state index is 6.02. The van der Waals surface area contributed by atoms with E-state index in [-0.39, 0.29) is 5.54 Å². The van der Waals surface area contributed by atoms with Gasteiger partial charge in [-0.1, -0.05) is 27.7 Å². The number of nitrogens with one attached hydrogen (secondary N) is 1. The number of ether oxygens (including phenoxy) is 1. The number of rotatable bonds is 6. The first-order chi connectivity index (χ1) is 8.40. The second kappa shape index (κ2) is 6.88. The second-order valence-electron chi connectivity index (χ2n) is 6.65. The molecule has 108 valence electrons. The zero-order valence-electron chi connectivity index (χ0n) is 12.8. The van der Waals surface area contributed by atoms with Crippen molar-refractivity contribution < 1.29 is 4.74 Å². The lowest BCUT2D eigenvalue weighted by atomic mass is 9.82. The molecule has 0 aromatic rings. The third-order valence-corrected chi connectivity index (χ3v) is 4.48. The van der Waals surface area contributed by atoms with Gasteiger partial charge in [-0.3, -0.25) is 0 Å². The molecule has 1 heterocycles. The maximum absolute atomic E-state index is 6.02. The molecule has 0 amide bonds. The third-order valence-electron chi connectivity index (χ3n) is 4.48. The van der Waals surface area contributed by atoms with Crippen LogP contribution in [-0.4, -0.2) is 31.3 Å². The van der Waals surface area contributed by atoms with Crippen LogP contribution in [0.25, 0.3) is 0 Å². The minimum Gasteiger partial charge on any atom is -0.378 e. The highest BCUT2D eigenvalue weighted by Crippen LogP contribution is 2.26. The lowest BCUT2D eigenvalue weighted by Crippen LogP contribution is -2.57. The van der Waals surface area contributed by atoms with Gasteiger partial charge in [-0.05, 0) is 44.1 Å². The lowest BCUT2D eigenvalue weighted by Gasteiger charge is -2.41. The molecule has 3 heteroatoms. The first-order valence-electron chi connectivity index (χ1n) is 7.47. The van der Waals surface area contributed by atoms with Gasteiger partial charge in [0.1, 0.15) is 0 Å². The Hall–Kier alpha value is -0.120. The molecule has 3 N–H and O–H groups in total. The van der Waals surface area contributed by atoms with E-state index in [0.29, 0.717) is 30.4 Å². The van der Waals surface area contributed by atoms with E-state index in [1.165, 1.54) is 0 Å². The molecule has 0 aromatic heterocycles. The summed E-state index contributed by atoms with van der Waals surface area (Å²) in [4.78, 5) is 0. The van der Waals surface area contributed by atoms with Crippen molar-refractivity contribution in [2.75, 3.05) is 19.7 Å². The Morgan fingerprint density at radius 2 is 1.89 bits per heavy atom. The summed E-state index contributed by atoms with van der Waals surface area (Å²) < 4.78 is 5.64. The van der Waals surface area contributed by atoms with Gasteiger partial charge in [0.2, 0.25) is 0 Å². The van der Waals surface area contributed by atoms with Gasteiger partial charge in [0, 0.05) is 18.7 Å². The molecule has 0 saturated carbocycles. The van der Waals surface area contributed by atoms with Crippen LogP contribution in [0.15, 0.2) is 0 Å². The first-order valence-corrected chi connectivity index (χ1v) is 7.47. The fraction of sp³-hybridized carbons (Fsp3) is 1.00. The van der Waals surface area contributed by atoms with Crippen molar-refractivity contribution in [3.8, 4) is 0 Å². The maximum Gasteiger partial charge on any atom is 0.0565 e. The van der Waals surface area contributed by atoms with E-state index in [2.05, 4.69) is 39.9 Å². The summed E-state index contributed by atoms with van der Waals surface area (Å²) in [5.74, 6) is 2.14. The number of hydrogen-bond donors (Lipinski definition) is 2. The van der Waals surface area contributed by atoms with Crippen molar-refractivity contribution in [2.45, 2.75) is 59.1 Å². The Balaban J connectivity index is 2.57. The molecule has 1 fully saturated rings. The molecular weight excluding hydrogens is 224 g/mol. The van der Waals surface area contributed by atoms with Crippen molar-refractivity contribution in [1.29, 1.82) is 0 Å². The molecule has 0 spiro atoms. The topological polar surface area (TPSA) is 47.3 Å². The average Bonchev–Trinajstić information content (AvgIpc) is 2.28. The summed E-state index contributed by atoms with van der Waals surface area (Å²) in [7, 11) is 0. The van der Waals surface area contributed by atoms with Crippen LogP contribution in [0.2, 0.25) is 0 Å². The molecule has 2 atom stereocenters. The van der Waals surface area contributed by atoms with Crippen molar-refractivity contribution in [2.24, 2.45) is 23.5 Å². The Labute approximate surface area is 113 Å². The lowest BCUT2D eigenvalue weighted by molar-refractivity contribution is -0.0182. The number of nitrogens with two attached hydrogens (primary N) is 1. The molecule has 1 saturated heterocycles. The summed E-state index contributed by atoms with van der Waals surface area (Å²) in [6, 6.07) is 0. The van der Waals surface area contributed by atoms with E-state index < -0.39 is 0 Å². The first kappa shape index (κ1) is 15.9. The molecule has 1 aliphatic heterocycles. The van der Waals surface area contributed by atoms with Crippen molar-refractivity contribution in [3.05, 3.63) is 0 Å². The number of hydrogen-bond acceptors (Lipinski definition) is 3. The fourth-order valence-electron chi connectivity index (χ4n) is 3.16. The highest BCUT2D eigenvalue weighted by atomic mass is 16.5. The van der Waals surface area contributed by atoms with Crippen molar-refractivity contribution in [3.63, 3.8) is 0 Å². The predicted molar refractivity (Wildman–Crippen MR) is 77.6 cm³/mol. The Morgan fingerprint density at radius 3 is 2.33 bits per heavy atom. The van der Waals surface area contributed by atoms with Crippen LogP contribution in [0.3, 0.4) is 0 Å². The van der Waals surface area contributed by atoms with E-state index in [1.807, 2.05) is 0 Å². The van der Waals surface area contributed by atoms with Crippen LogP contribution in [0, 0.1) is 17.8 Å². The van der Waals surface area contributed by atoms with Gasteiger partial charge in [-0.25, -0.2) is 0 Å². The molecule has 0 aliphatic carbocycles. The summed E-state index contributed by atoms with van der Waals surface area (Å²) in [5.41, 5.74) is 6.12. The quantitative estimate of drug-likeness (QED) is 0.767. The molecule has 2 unspecified atom stereocenters. The zero-order valence-corrected chi connectivity index (χ0v) is 12.8. The van der Waals surface area contributed by atoms with Crippen LogP contribution in [-0.2, 0) is 4.74 Å². The van der Waals surface area contributed by atoms with Crippen LogP contribution in [0.5, 0.6) is 0 Å². The van der Waals surface area contributed by atoms with Crippen LogP contribution in [0.4, 0.5) is 0 Å². The largest absolute Gasteiger partial charge is 0.378 e.